The monoisotopic (exact) mass is 261 g/mol. The van der Waals surface area contributed by atoms with Gasteiger partial charge in [-0.2, -0.15) is 0 Å². The summed E-state index contributed by atoms with van der Waals surface area (Å²) < 4.78 is 5.39. The molecule has 0 saturated heterocycles. The molecule has 0 atom stereocenters. The zero-order valence-electron chi connectivity index (χ0n) is 11.3. The predicted molar refractivity (Wildman–Crippen MR) is 74.7 cm³/mol. The number of rotatable bonds is 6. The lowest BCUT2D eigenvalue weighted by atomic mass is 10.2. The summed E-state index contributed by atoms with van der Waals surface area (Å²) in [6.45, 7) is 5.65. The Morgan fingerprint density at radius 1 is 1.37 bits per heavy atom. The second-order valence-electron chi connectivity index (χ2n) is 4.12. The van der Waals surface area contributed by atoms with E-state index in [9.17, 15) is 0 Å². The smallest absolute Gasteiger partial charge is 0.148 e. The molecule has 0 amide bonds. The lowest BCUT2D eigenvalue weighted by Gasteiger charge is -2.23. The van der Waals surface area contributed by atoms with Gasteiger partial charge in [0.1, 0.15) is 23.7 Å². The summed E-state index contributed by atoms with van der Waals surface area (Å²) in [5.41, 5.74) is 3.64. The van der Waals surface area contributed by atoms with E-state index in [1.165, 1.54) is 6.33 Å². The van der Waals surface area contributed by atoms with Crippen molar-refractivity contribution in [2.24, 2.45) is 5.84 Å². The first-order chi connectivity index (χ1) is 9.30. The Bertz CT molecular complexity index is 512. The second kappa shape index (κ2) is 6.19. The molecule has 0 spiro atoms. The molecule has 19 heavy (non-hydrogen) atoms. The first kappa shape index (κ1) is 13.4. The van der Waals surface area contributed by atoms with Gasteiger partial charge in [0.25, 0.3) is 0 Å². The van der Waals surface area contributed by atoms with Gasteiger partial charge in [-0.05, 0) is 25.5 Å². The zero-order chi connectivity index (χ0) is 13.7. The van der Waals surface area contributed by atoms with Crippen molar-refractivity contribution in [3.05, 3.63) is 36.0 Å². The van der Waals surface area contributed by atoms with Crippen LogP contribution in [-0.2, 0) is 13.0 Å². The van der Waals surface area contributed by atoms with Crippen LogP contribution in [0.3, 0.4) is 0 Å². The number of hydrogen-bond acceptors (Lipinski definition) is 6. The third-order valence-corrected chi connectivity index (χ3v) is 3.02. The van der Waals surface area contributed by atoms with E-state index >= 15 is 0 Å². The van der Waals surface area contributed by atoms with Gasteiger partial charge in [-0.25, -0.2) is 15.8 Å². The third kappa shape index (κ3) is 2.85. The Hall–Kier alpha value is -2.08. The lowest BCUT2D eigenvalue weighted by Crippen LogP contribution is -2.25. The van der Waals surface area contributed by atoms with Gasteiger partial charge in [0.2, 0.25) is 0 Å². The third-order valence-electron chi connectivity index (χ3n) is 3.02. The molecule has 0 aliphatic rings. The molecule has 0 fully saturated rings. The first-order valence-electron chi connectivity index (χ1n) is 6.37. The molecule has 0 aliphatic carbocycles. The van der Waals surface area contributed by atoms with Crippen molar-refractivity contribution in [3.8, 4) is 0 Å². The second-order valence-corrected chi connectivity index (χ2v) is 4.12. The number of nitrogens with zero attached hydrogens (tertiary/aromatic N) is 3. The van der Waals surface area contributed by atoms with E-state index in [0.717, 1.165) is 30.1 Å². The van der Waals surface area contributed by atoms with E-state index in [2.05, 4.69) is 34.1 Å². The summed E-state index contributed by atoms with van der Waals surface area (Å²) >= 11 is 0. The van der Waals surface area contributed by atoms with Crippen molar-refractivity contribution in [2.75, 3.05) is 16.9 Å². The SMILES string of the molecule is CCc1c(NN)ncnc1N(CC)Cc1ccco1. The van der Waals surface area contributed by atoms with E-state index < -0.39 is 0 Å². The normalized spacial score (nSPS) is 10.5. The summed E-state index contributed by atoms with van der Waals surface area (Å²) in [5, 5.41) is 0. The molecular formula is C13H19N5O. The quantitative estimate of drug-likeness (QED) is 0.611. The molecule has 2 aromatic rings. The highest BCUT2D eigenvalue weighted by molar-refractivity contribution is 5.58. The average molecular weight is 261 g/mol. The van der Waals surface area contributed by atoms with Crippen molar-refractivity contribution in [1.29, 1.82) is 0 Å². The zero-order valence-corrected chi connectivity index (χ0v) is 11.3. The van der Waals surface area contributed by atoms with Crippen molar-refractivity contribution >= 4 is 11.6 Å². The van der Waals surface area contributed by atoms with Crippen LogP contribution in [0.25, 0.3) is 0 Å². The number of nitrogens with two attached hydrogens (primary N) is 1. The number of nitrogens with one attached hydrogen (secondary N) is 1. The van der Waals surface area contributed by atoms with Gasteiger partial charge in [0, 0.05) is 12.1 Å². The molecule has 3 N–H and O–H groups in total. The lowest BCUT2D eigenvalue weighted by molar-refractivity contribution is 0.502. The van der Waals surface area contributed by atoms with Crippen molar-refractivity contribution in [1.82, 2.24) is 9.97 Å². The van der Waals surface area contributed by atoms with E-state index in [-0.39, 0.29) is 0 Å². The molecule has 0 radical (unpaired) electrons. The van der Waals surface area contributed by atoms with Gasteiger partial charge in [-0.15, -0.1) is 0 Å². The van der Waals surface area contributed by atoms with Crippen LogP contribution in [0.2, 0.25) is 0 Å². The fourth-order valence-electron chi connectivity index (χ4n) is 2.05. The van der Waals surface area contributed by atoms with Gasteiger partial charge in [0.05, 0.1) is 12.8 Å². The summed E-state index contributed by atoms with van der Waals surface area (Å²) in [7, 11) is 0. The highest BCUT2D eigenvalue weighted by atomic mass is 16.3. The standard InChI is InChI=1S/C13H19N5O/c1-3-11-12(17-14)15-9-16-13(11)18(4-2)8-10-6-5-7-19-10/h5-7,9H,3-4,8,14H2,1-2H3,(H,15,16,17). The number of furan rings is 1. The molecule has 2 rings (SSSR count). The Morgan fingerprint density at radius 3 is 2.79 bits per heavy atom. The number of aromatic nitrogens is 2. The maximum Gasteiger partial charge on any atom is 0.148 e. The summed E-state index contributed by atoms with van der Waals surface area (Å²) in [6, 6.07) is 3.84. The summed E-state index contributed by atoms with van der Waals surface area (Å²) in [5.74, 6) is 7.97. The minimum atomic E-state index is 0.672. The van der Waals surface area contributed by atoms with E-state index in [4.69, 9.17) is 10.3 Å². The first-order valence-corrected chi connectivity index (χ1v) is 6.37. The van der Waals surface area contributed by atoms with Crippen LogP contribution in [0.1, 0.15) is 25.2 Å². The van der Waals surface area contributed by atoms with Crippen LogP contribution < -0.4 is 16.2 Å². The number of hydrogen-bond donors (Lipinski definition) is 2. The molecule has 0 bridgehead atoms. The maximum absolute atomic E-state index is 5.50. The Morgan fingerprint density at radius 2 is 2.21 bits per heavy atom. The Labute approximate surface area is 112 Å². The molecule has 0 aliphatic heterocycles. The summed E-state index contributed by atoms with van der Waals surface area (Å²) in [4.78, 5) is 10.7. The molecule has 0 aromatic carbocycles. The van der Waals surface area contributed by atoms with Crippen LogP contribution in [0.4, 0.5) is 11.6 Å². The van der Waals surface area contributed by atoms with Gasteiger partial charge in [-0.1, -0.05) is 6.92 Å². The van der Waals surface area contributed by atoms with Gasteiger partial charge >= 0.3 is 0 Å². The fraction of sp³-hybridized carbons (Fsp3) is 0.385. The molecule has 0 saturated carbocycles. The Kier molecular flexibility index (Phi) is 4.35. The van der Waals surface area contributed by atoms with Crippen molar-refractivity contribution in [2.45, 2.75) is 26.8 Å². The molecule has 6 nitrogen and oxygen atoms in total. The fourth-order valence-corrected chi connectivity index (χ4v) is 2.05. The maximum atomic E-state index is 5.50. The highest BCUT2D eigenvalue weighted by Gasteiger charge is 2.15. The molecule has 0 unspecified atom stereocenters. The molecular weight excluding hydrogens is 242 g/mol. The van der Waals surface area contributed by atoms with Gasteiger partial charge in [0.15, 0.2) is 0 Å². The Balaban J connectivity index is 2.32. The van der Waals surface area contributed by atoms with Crippen LogP contribution in [-0.4, -0.2) is 16.5 Å². The largest absolute Gasteiger partial charge is 0.467 e. The molecule has 6 heteroatoms. The average Bonchev–Trinajstić information content (AvgIpc) is 2.96. The van der Waals surface area contributed by atoms with Crippen LogP contribution in [0.5, 0.6) is 0 Å². The van der Waals surface area contributed by atoms with Crippen molar-refractivity contribution < 1.29 is 4.42 Å². The molecule has 2 heterocycles. The molecule has 102 valence electrons. The van der Waals surface area contributed by atoms with Crippen LogP contribution >= 0.6 is 0 Å². The minimum absolute atomic E-state index is 0.672. The van der Waals surface area contributed by atoms with E-state index in [0.29, 0.717) is 12.4 Å². The topological polar surface area (TPSA) is 80.2 Å². The number of hydrazine groups is 1. The number of anilines is 2. The minimum Gasteiger partial charge on any atom is -0.467 e. The van der Waals surface area contributed by atoms with Crippen LogP contribution in [0, 0.1) is 0 Å². The van der Waals surface area contributed by atoms with Gasteiger partial charge in [-0.3, -0.25) is 0 Å². The number of nitrogen functional groups attached to an aromatic ring is 1. The van der Waals surface area contributed by atoms with Crippen molar-refractivity contribution in [3.63, 3.8) is 0 Å². The highest BCUT2D eigenvalue weighted by Crippen LogP contribution is 2.24. The summed E-state index contributed by atoms with van der Waals surface area (Å²) in [6.07, 6.45) is 4.01. The van der Waals surface area contributed by atoms with Crippen LogP contribution in [0.15, 0.2) is 29.1 Å². The van der Waals surface area contributed by atoms with E-state index in [1.807, 2.05) is 12.1 Å². The van der Waals surface area contributed by atoms with E-state index in [1.54, 1.807) is 6.26 Å². The molecule has 2 aromatic heterocycles. The predicted octanol–water partition coefficient (Wildman–Crippen LogP) is 1.94. The van der Waals surface area contributed by atoms with Gasteiger partial charge < -0.3 is 14.7 Å².